The highest BCUT2D eigenvalue weighted by Crippen LogP contribution is 2.35. The van der Waals surface area contributed by atoms with Gasteiger partial charge in [-0.05, 0) is 24.3 Å². The molecule has 0 atom stereocenters. The van der Waals surface area contributed by atoms with Crippen LogP contribution in [0.15, 0.2) is 91.0 Å². The molecule has 0 bridgehead atoms. The van der Waals surface area contributed by atoms with Gasteiger partial charge in [-0.1, -0.05) is 83.9 Å². The number of hydrogen-bond acceptors (Lipinski definition) is 5. The van der Waals surface area contributed by atoms with E-state index in [9.17, 15) is 14.9 Å². The third-order valence-corrected chi connectivity index (χ3v) is 6.23. The van der Waals surface area contributed by atoms with Crippen LogP contribution in [0.1, 0.15) is 10.4 Å². The maximum absolute atomic E-state index is 13.0. The van der Waals surface area contributed by atoms with Crippen molar-refractivity contribution in [3.63, 3.8) is 0 Å². The molecular formula is C27H16Cl2N4O3. The molecule has 0 aliphatic heterocycles. The van der Waals surface area contributed by atoms with Gasteiger partial charge >= 0.3 is 0 Å². The Morgan fingerprint density at radius 3 is 1.89 bits per heavy atom. The van der Waals surface area contributed by atoms with Crippen LogP contribution in [-0.4, -0.2) is 20.8 Å². The van der Waals surface area contributed by atoms with E-state index in [1.54, 1.807) is 18.2 Å². The second-order valence-electron chi connectivity index (χ2n) is 7.85. The van der Waals surface area contributed by atoms with E-state index in [1.807, 2.05) is 60.7 Å². The first kappa shape index (κ1) is 23.4. The summed E-state index contributed by atoms with van der Waals surface area (Å²) in [6, 6.07) is 26.6. The van der Waals surface area contributed by atoms with Crippen LogP contribution in [0, 0.1) is 10.1 Å². The Hall–Kier alpha value is -4.33. The molecule has 5 rings (SSSR count). The summed E-state index contributed by atoms with van der Waals surface area (Å²) in [5.41, 5.74) is 4.13. The number of nitrogens with one attached hydrogen (secondary N) is 1. The van der Waals surface area contributed by atoms with Crippen molar-refractivity contribution in [3.05, 3.63) is 117 Å². The van der Waals surface area contributed by atoms with Gasteiger partial charge in [0.25, 0.3) is 11.6 Å². The fourth-order valence-corrected chi connectivity index (χ4v) is 4.09. The molecule has 1 aromatic heterocycles. The summed E-state index contributed by atoms with van der Waals surface area (Å²) in [6.07, 6.45) is 0. The summed E-state index contributed by atoms with van der Waals surface area (Å²) in [7, 11) is 0. The summed E-state index contributed by atoms with van der Waals surface area (Å²) >= 11 is 11.9. The van der Waals surface area contributed by atoms with E-state index in [2.05, 4.69) is 5.32 Å². The van der Waals surface area contributed by atoms with Gasteiger partial charge in [0.1, 0.15) is 5.69 Å². The molecule has 0 aliphatic carbocycles. The van der Waals surface area contributed by atoms with Gasteiger partial charge in [0.2, 0.25) is 0 Å². The number of benzene rings is 4. The smallest absolute Gasteiger partial charge is 0.294 e. The van der Waals surface area contributed by atoms with Gasteiger partial charge in [-0.3, -0.25) is 14.9 Å². The first-order valence-corrected chi connectivity index (χ1v) is 11.5. The van der Waals surface area contributed by atoms with Crippen LogP contribution in [0.5, 0.6) is 0 Å². The molecule has 0 saturated carbocycles. The van der Waals surface area contributed by atoms with Crippen LogP contribution in [0.2, 0.25) is 10.0 Å². The molecule has 0 fully saturated rings. The number of anilines is 1. The van der Waals surface area contributed by atoms with Crippen LogP contribution in [-0.2, 0) is 0 Å². The number of halogens is 2. The predicted molar refractivity (Wildman–Crippen MR) is 141 cm³/mol. The molecule has 1 N–H and O–H groups in total. The molecule has 1 amide bonds. The van der Waals surface area contributed by atoms with Crippen molar-refractivity contribution < 1.29 is 9.72 Å². The predicted octanol–water partition coefficient (Wildman–Crippen LogP) is 7.43. The zero-order chi connectivity index (χ0) is 25.2. The third kappa shape index (κ3) is 4.62. The maximum Gasteiger partial charge on any atom is 0.294 e. The molecule has 0 unspecified atom stereocenters. The van der Waals surface area contributed by atoms with Crippen molar-refractivity contribution in [2.45, 2.75) is 0 Å². The van der Waals surface area contributed by atoms with Gasteiger partial charge in [0.05, 0.1) is 37.4 Å². The van der Waals surface area contributed by atoms with Crippen molar-refractivity contribution in [1.29, 1.82) is 0 Å². The SMILES string of the molecule is O=C(Nc1cc(Cl)c(Cl)cc1[N+](=O)[O-])c1ccc2nc(-c3ccccc3)c(-c3ccccc3)nc2c1. The Balaban J connectivity index is 1.58. The summed E-state index contributed by atoms with van der Waals surface area (Å²) in [5, 5.41) is 14.1. The minimum Gasteiger partial charge on any atom is -0.316 e. The Morgan fingerprint density at radius 1 is 0.750 bits per heavy atom. The minimum atomic E-state index is -0.638. The Labute approximate surface area is 215 Å². The fourth-order valence-electron chi connectivity index (χ4n) is 3.77. The molecule has 4 aromatic carbocycles. The van der Waals surface area contributed by atoms with Gasteiger partial charge in [-0.25, -0.2) is 9.97 Å². The molecule has 0 aliphatic rings. The number of hydrogen-bond donors (Lipinski definition) is 1. The summed E-state index contributed by atoms with van der Waals surface area (Å²) in [6.45, 7) is 0. The molecule has 0 radical (unpaired) electrons. The third-order valence-electron chi connectivity index (χ3n) is 5.50. The molecule has 9 heteroatoms. The van der Waals surface area contributed by atoms with Crippen LogP contribution in [0.4, 0.5) is 11.4 Å². The molecule has 36 heavy (non-hydrogen) atoms. The molecule has 5 aromatic rings. The van der Waals surface area contributed by atoms with Crippen LogP contribution in [0.25, 0.3) is 33.5 Å². The van der Waals surface area contributed by atoms with Crippen molar-refractivity contribution >= 4 is 51.5 Å². The number of fused-ring (bicyclic) bond motifs is 1. The summed E-state index contributed by atoms with van der Waals surface area (Å²) in [4.78, 5) is 33.5. The number of nitro benzene ring substituents is 1. The van der Waals surface area contributed by atoms with Gasteiger partial charge in [0.15, 0.2) is 0 Å². The number of rotatable bonds is 5. The van der Waals surface area contributed by atoms with Gasteiger partial charge in [-0.15, -0.1) is 0 Å². The van der Waals surface area contributed by atoms with Crippen molar-refractivity contribution in [1.82, 2.24) is 9.97 Å². The number of aromatic nitrogens is 2. The normalized spacial score (nSPS) is 10.8. The standard InChI is InChI=1S/C27H16Cl2N4O3/c28-19-14-23(24(33(35)36)15-20(19)29)32-27(34)18-11-12-21-22(13-18)31-26(17-9-5-2-6-10-17)25(30-21)16-7-3-1-4-8-16/h1-15H,(H,32,34). The van der Waals surface area contributed by atoms with E-state index in [4.69, 9.17) is 33.2 Å². The molecule has 176 valence electrons. The quantitative estimate of drug-likeness (QED) is 0.194. The van der Waals surface area contributed by atoms with Gasteiger partial charge < -0.3 is 5.32 Å². The van der Waals surface area contributed by atoms with E-state index < -0.39 is 10.8 Å². The summed E-state index contributed by atoms with van der Waals surface area (Å²) < 4.78 is 0. The molecule has 7 nitrogen and oxygen atoms in total. The van der Waals surface area contributed by atoms with Gasteiger partial charge in [-0.2, -0.15) is 0 Å². The lowest BCUT2D eigenvalue weighted by atomic mass is 10.0. The fraction of sp³-hybridized carbons (Fsp3) is 0. The Kier molecular flexibility index (Phi) is 6.33. The average Bonchev–Trinajstić information content (AvgIpc) is 2.90. The zero-order valence-electron chi connectivity index (χ0n) is 18.5. The zero-order valence-corrected chi connectivity index (χ0v) is 20.0. The van der Waals surface area contributed by atoms with Crippen molar-refractivity contribution in [2.75, 3.05) is 5.32 Å². The van der Waals surface area contributed by atoms with E-state index in [0.29, 0.717) is 16.7 Å². The molecular weight excluding hydrogens is 499 g/mol. The van der Waals surface area contributed by atoms with E-state index in [0.717, 1.165) is 22.9 Å². The monoisotopic (exact) mass is 514 g/mol. The van der Waals surface area contributed by atoms with E-state index in [1.165, 1.54) is 6.07 Å². The Bertz CT molecular complexity index is 1630. The first-order chi connectivity index (χ1) is 17.4. The number of carbonyl (C=O) groups excluding carboxylic acids is 1. The second-order valence-corrected chi connectivity index (χ2v) is 8.67. The number of nitrogens with zero attached hydrogens (tertiary/aromatic N) is 3. The lowest BCUT2D eigenvalue weighted by Gasteiger charge is -2.12. The van der Waals surface area contributed by atoms with Gasteiger partial charge in [0, 0.05) is 22.8 Å². The minimum absolute atomic E-state index is 0.0185. The topological polar surface area (TPSA) is 98.0 Å². The molecule has 0 spiro atoms. The Morgan fingerprint density at radius 2 is 1.31 bits per heavy atom. The van der Waals surface area contributed by atoms with E-state index in [-0.39, 0.29) is 27.0 Å². The van der Waals surface area contributed by atoms with Crippen LogP contribution in [0.3, 0.4) is 0 Å². The molecule has 1 heterocycles. The van der Waals surface area contributed by atoms with Crippen LogP contribution < -0.4 is 5.32 Å². The van der Waals surface area contributed by atoms with E-state index >= 15 is 0 Å². The summed E-state index contributed by atoms with van der Waals surface area (Å²) in [5.74, 6) is -0.561. The number of nitro groups is 1. The van der Waals surface area contributed by atoms with Crippen LogP contribution >= 0.6 is 23.2 Å². The number of carbonyl (C=O) groups is 1. The second kappa shape index (κ2) is 9.73. The van der Waals surface area contributed by atoms with Crippen molar-refractivity contribution in [3.8, 4) is 22.5 Å². The highest BCUT2D eigenvalue weighted by atomic mass is 35.5. The lowest BCUT2D eigenvalue weighted by Crippen LogP contribution is -2.13. The first-order valence-electron chi connectivity index (χ1n) is 10.8. The van der Waals surface area contributed by atoms with Crippen molar-refractivity contribution in [2.24, 2.45) is 0 Å². The highest BCUT2D eigenvalue weighted by Gasteiger charge is 2.20. The molecule has 0 saturated heterocycles. The highest BCUT2D eigenvalue weighted by molar-refractivity contribution is 6.42. The average molecular weight is 515 g/mol. The number of amides is 1. The largest absolute Gasteiger partial charge is 0.316 e. The maximum atomic E-state index is 13.0. The lowest BCUT2D eigenvalue weighted by molar-refractivity contribution is -0.383.